The van der Waals surface area contributed by atoms with Gasteiger partial charge in [-0.15, -0.1) is 23.3 Å². The lowest BCUT2D eigenvalue weighted by molar-refractivity contribution is -0.811. The van der Waals surface area contributed by atoms with Crippen molar-refractivity contribution in [1.29, 1.82) is 0 Å². The fraction of sp³-hybridized carbons (Fsp3) is 0.206. The van der Waals surface area contributed by atoms with Crippen LogP contribution < -0.4 is 4.90 Å². The zero-order valence-electron chi connectivity index (χ0n) is 49.9. The van der Waals surface area contributed by atoms with Crippen LogP contribution in [-0.4, -0.2) is 19.7 Å². The van der Waals surface area contributed by atoms with Crippen LogP contribution in [0.1, 0.15) is 120 Å². The van der Waals surface area contributed by atoms with E-state index in [0.717, 1.165) is 17.9 Å². The Morgan fingerprint density at radius 2 is 0.500 bits per heavy atom. The molecule has 32 heteroatoms. The summed E-state index contributed by atoms with van der Waals surface area (Å²) in [5.41, 5.74) is -37.5. The number of hydrogen-bond donors (Lipinski definition) is 1. The molecule has 5 unspecified atom stereocenters. The molecule has 0 fully saturated rings. The number of rotatable bonds is 13. The minimum Gasteiger partial charge on any atom is -0.302 e. The first-order valence-electron chi connectivity index (χ1n) is 29.7. The quantitative estimate of drug-likeness (QED) is 0.0386. The molecule has 4 aliphatic carbocycles. The van der Waals surface area contributed by atoms with Crippen LogP contribution >= 0.6 is 0 Å². The highest BCUT2D eigenvalue weighted by atomic mass is 19.2. The Labute approximate surface area is 541 Å². The van der Waals surface area contributed by atoms with Crippen LogP contribution in [-0.2, 0) is 0 Å². The van der Waals surface area contributed by atoms with Crippen LogP contribution in [0.2, 0.25) is 0 Å². The van der Waals surface area contributed by atoms with E-state index in [2.05, 4.69) is 6.92 Å². The van der Waals surface area contributed by atoms with Gasteiger partial charge in [0.15, 0.2) is 174 Å². The van der Waals surface area contributed by atoms with Crippen molar-refractivity contribution in [2.75, 3.05) is 13.6 Å². The fourth-order valence-corrected chi connectivity index (χ4v) is 15.7. The molecule has 0 bridgehead atoms. The molecule has 5 atom stereocenters. The first kappa shape index (κ1) is 70.8. The second-order valence-electron chi connectivity index (χ2n) is 24.3. The highest BCUT2D eigenvalue weighted by Gasteiger charge is 2.66. The van der Waals surface area contributed by atoms with Crippen molar-refractivity contribution >= 4 is 11.8 Å². The first-order chi connectivity index (χ1) is 47.1. The number of benzene rings is 9. The van der Waals surface area contributed by atoms with Crippen molar-refractivity contribution in [1.82, 2.24) is 0 Å². The van der Waals surface area contributed by atoms with Gasteiger partial charge in [-0.3, -0.25) is 0 Å². The predicted molar refractivity (Wildman–Crippen MR) is 295 cm³/mol. The topological polar surface area (TPSA) is 4.44 Å². The van der Waals surface area contributed by atoms with Gasteiger partial charge in [-0.05, 0) is 65.4 Å². The Kier molecular flexibility index (Phi) is 17.8. The number of fused-ring (bicyclic) bond motifs is 12. The molecule has 0 saturated heterocycles. The number of nitrogens with one attached hydrogen (secondary N) is 1. The third-order valence-electron chi connectivity index (χ3n) is 19.4. The summed E-state index contributed by atoms with van der Waals surface area (Å²) in [4.78, 5) is 0.950. The zero-order chi connectivity index (χ0) is 73.1. The van der Waals surface area contributed by atoms with Gasteiger partial charge in [0, 0.05) is 50.6 Å². The molecule has 0 spiro atoms. The molecular weight excluding hydrogens is 1410 g/mol. The molecule has 9 aromatic rings. The van der Waals surface area contributed by atoms with Gasteiger partial charge in [-0.2, -0.15) is 4.39 Å². The van der Waals surface area contributed by atoms with Gasteiger partial charge in [0.1, 0.15) is 0 Å². The molecule has 4 aliphatic rings. The summed E-state index contributed by atoms with van der Waals surface area (Å²) in [6.07, 6.45) is 2.06. The van der Waals surface area contributed by atoms with Crippen molar-refractivity contribution in [3.05, 3.63) is 261 Å². The minimum absolute atomic E-state index is 0.436. The van der Waals surface area contributed by atoms with E-state index in [1.807, 2.05) is 7.05 Å². The second-order valence-corrected chi connectivity index (χ2v) is 24.3. The van der Waals surface area contributed by atoms with Gasteiger partial charge in [0.25, 0.3) is 0 Å². The Bertz CT molecular complexity index is 4520. The lowest BCUT2D eigenvalue weighted by Crippen LogP contribution is -3.04. The minimum atomic E-state index is -6.62. The molecule has 0 saturated carbocycles. The van der Waals surface area contributed by atoms with Crippen molar-refractivity contribution in [2.24, 2.45) is 0 Å². The van der Waals surface area contributed by atoms with E-state index in [0.29, 0.717) is 5.69 Å². The molecule has 0 radical (unpaired) electrons. The van der Waals surface area contributed by atoms with Crippen LogP contribution in [0.3, 0.4) is 0 Å². The van der Waals surface area contributed by atoms with Crippen molar-refractivity contribution in [3.63, 3.8) is 0 Å². The third kappa shape index (κ3) is 9.72. The van der Waals surface area contributed by atoms with E-state index in [9.17, 15) is 8.78 Å². The highest BCUT2D eigenvalue weighted by molar-refractivity contribution is 6.88. The molecule has 100 heavy (non-hydrogen) atoms. The molecule has 0 aromatic heterocycles. The summed E-state index contributed by atoms with van der Waals surface area (Å²) in [6.45, 7) is 3.07. The zero-order valence-corrected chi connectivity index (χ0v) is 49.9. The van der Waals surface area contributed by atoms with Gasteiger partial charge in [-0.1, -0.05) is 67.3 Å². The predicted octanol–water partition coefficient (Wildman–Crippen LogP) is 20.6. The Hall–Kier alpha value is -9.10. The highest BCUT2D eigenvalue weighted by Crippen LogP contribution is 2.73. The average Bonchev–Trinajstić information content (AvgIpc) is 1.47. The molecule has 13 rings (SSSR count). The third-order valence-corrected chi connectivity index (χ3v) is 19.4. The maximum absolute atomic E-state index is 17.7. The van der Waals surface area contributed by atoms with Crippen molar-refractivity contribution in [2.45, 2.75) is 75.1 Å². The largest absolute Gasteiger partial charge is 0.302 e. The molecule has 1 N–H and O–H groups in total. The normalized spacial score (nSPS) is 16.8. The standard InChI is InChI=1S/C52H8BF28.C16H25F2N/c54-9-1-5-13(33(62)29(9)58)17-21(41(70)49(78)45(74)37(17)66)25(5)53(26-6-2-10(55)30(59)34(63)14(6)18-22(26)42(71)50(79)46(75)38(18)67,27-7-3-11(56)31(60)35(64)15(7)19-23(27)43(72)51(80)47(76)39(19)68)28-8-4-12(57)32(61)36(65)16(8)20-24(28)44(73)52(81)48(77)40(20)69;1-3-4-5-6-7-8-9-13-19(2)15-12-10-11-14(17)16(15)18/h1-4,25-28H;10-12H,3-9,13H2,1-2H3/q-1;/p+1. The lowest BCUT2D eigenvalue weighted by atomic mass is 9.01. The van der Waals surface area contributed by atoms with Crippen LogP contribution in [0.25, 0.3) is 44.5 Å². The Morgan fingerprint density at radius 1 is 0.260 bits per heavy atom. The number of halogens is 30. The van der Waals surface area contributed by atoms with Gasteiger partial charge in [-0.25, -0.2) is 127 Å². The lowest BCUT2D eigenvalue weighted by Gasteiger charge is -2.60. The summed E-state index contributed by atoms with van der Waals surface area (Å²) in [5, 5.41) is 0. The second kappa shape index (κ2) is 25.2. The number of unbranched alkanes of at least 4 members (excludes halogenated alkanes) is 6. The first-order valence-corrected chi connectivity index (χ1v) is 29.7. The van der Waals surface area contributed by atoms with Crippen molar-refractivity contribution in [3.8, 4) is 44.5 Å². The molecule has 0 amide bonds. The van der Waals surface area contributed by atoms with Gasteiger partial charge >= 0.3 is 0 Å². The van der Waals surface area contributed by atoms with E-state index in [1.165, 1.54) is 44.6 Å². The number of quaternary nitrogens is 1. The Morgan fingerprint density at radius 3 is 0.770 bits per heavy atom. The smallest absolute Gasteiger partial charge is 0.219 e. The fourth-order valence-electron chi connectivity index (χ4n) is 15.7. The summed E-state index contributed by atoms with van der Waals surface area (Å²) >= 11 is 0. The van der Waals surface area contributed by atoms with E-state index in [1.54, 1.807) is 12.1 Å². The molecule has 524 valence electrons. The molecule has 0 heterocycles. The molecule has 9 aromatic carbocycles. The van der Waals surface area contributed by atoms with Crippen LogP contribution in [0.5, 0.6) is 0 Å². The van der Waals surface area contributed by atoms with Crippen LogP contribution in [0, 0.1) is 175 Å². The Balaban J connectivity index is 0.000000433. The molecular formula is C68H34BF30N. The van der Waals surface area contributed by atoms with Crippen LogP contribution in [0.4, 0.5) is 137 Å². The maximum Gasteiger partial charge on any atom is 0.219 e. The maximum atomic E-state index is 17.7. The average molecular weight is 1450 g/mol. The van der Waals surface area contributed by atoms with E-state index in [4.69, 9.17) is 0 Å². The monoisotopic (exact) mass is 1450 g/mol. The van der Waals surface area contributed by atoms with E-state index in [-0.39, 0.29) is 0 Å². The molecule has 1 nitrogen and oxygen atoms in total. The SMILES string of the molecule is CCCCCCCCC[NH+](C)c1cccc(F)c1F.Fc1cc2c(c(F)c1F)-c1c(F)c(F)c(F)c(F)c1C2[B-](C1c2cc(F)c(F)c(F)c2-c2c(F)c(F)c(F)c(F)c21)(C1c2cc(F)c(F)c(F)c2-c2c(F)c(F)c(F)c(F)c21)C1c2cc(F)c(F)c(F)c2-c2c(F)c(F)c(F)c(F)c21. The summed E-state index contributed by atoms with van der Waals surface area (Å²) < 4.78 is 488. The summed E-state index contributed by atoms with van der Waals surface area (Å²) in [7, 11) is 1.90. The van der Waals surface area contributed by atoms with Gasteiger partial charge < -0.3 is 4.90 Å². The summed E-state index contributed by atoms with van der Waals surface area (Å²) in [6, 6.07) is 1.92. The van der Waals surface area contributed by atoms with Crippen molar-refractivity contribution < 1.29 is 137 Å². The van der Waals surface area contributed by atoms with Gasteiger partial charge in [0.2, 0.25) is 5.82 Å². The molecule has 0 aliphatic heterocycles. The van der Waals surface area contributed by atoms with E-state index < -0.39 is 317 Å². The van der Waals surface area contributed by atoms with Gasteiger partial charge in [0.05, 0.1) is 19.7 Å². The van der Waals surface area contributed by atoms with Crippen LogP contribution in [0.15, 0.2) is 42.5 Å². The number of hydrogen-bond acceptors (Lipinski definition) is 0. The summed E-state index contributed by atoms with van der Waals surface area (Å²) in [5.74, 6) is -104. The van der Waals surface area contributed by atoms with E-state index >= 15 is 123 Å².